The Hall–Kier alpha value is -2.14. The van der Waals surface area contributed by atoms with Crippen molar-refractivity contribution in [1.82, 2.24) is 25.1 Å². The zero-order chi connectivity index (χ0) is 13.8. The molecule has 0 radical (unpaired) electrons. The van der Waals surface area contributed by atoms with Crippen LogP contribution in [-0.4, -0.2) is 26.4 Å². The van der Waals surface area contributed by atoms with E-state index in [-0.39, 0.29) is 0 Å². The molecule has 3 aromatic heterocycles. The van der Waals surface area contributed by atoms with Crippen molar-refractivity contribution in [3.63, 3.8) is 0 Å². The van der Waals surface area contributed by atoms with Gasteiger partial charge in [-0.25, -0.2) is 4.52 Å². The quantitative estimate of drug-likeness (QED) is 0.674. The lowest BCUT2D eigenvalue weighted by atomic mass is 10.1. The maximum atomic E-state index is 4.33. The average molecular weight is 269 g/mol. The number of aryl methyl sites for hydroxylation is 2. The van der Waals surface area contributed by atoms with Gasteiger partial charge in [-0.1, -0.05) is 6.07 Å². The Morgan fingerprint density at radius 2 is 2.20 bits per heavy atom. The van der Waals surface area contributed by atoms with E-state index in [2.05, 4.69) is 33.6 Å². The molecule has 3 rings (SSSR count). The summed E-state index contributed by atoms with van der Waals surface area (Å²) >= 11 is 0. The fraction of sp³-hybridized carbons (Fsp3) is 0.333. The van der Waals surface area contributed by atoms with Crippen LogP contribution in [0.1, 0.15) is 23.2 Å². The monoisotopic (exact) mass is 269 g/mol. The first-order chi connectivity index (χ1) is 9.84. The summed E-state index contributed by atoms with van der Waals surface area (Å²) in [7, 11) is 0. The Labute approximate surface area is 118 Å². The van der Waals surface area contributed by atoms with E-state index in [0.29, 0.717) is 0 Å². The van der Waals surface area contributed by atoms with Gasteiger partial charge >= 0.3 is 0 Å². The molecule has 20 heavy (non-hydrogen) atoms. The minimum atomic E-state index is 0.859. The van der Waals surface area contributed by atoms with Crippen molar-refractivity contribution >= 4 is 5.52 Å². The van der Waals surface area contributed by atoms with Crippen molar-refractivity contribution in [3.8, 4) is 0 Å². The molecule has 0 unspecified atom stereocenters. The highest BCUT2D eigenvalue weighted by Gasteiger charge is 2.03. The summed E-state index contributed by atoms with van der Waals surface area (Å²) in [5.41, 5.74) is 4.89. The summed E-state index contributed by atoms with van der Waals surface area (Å²) in [6, 6.07) is 6.13. The van der Waals surface area contributed by atoms with E-state index >= 15 is 0 Å². The van der Waals surface area contributed by atoms with E-state index in [1.54, 1.807) is 0 Å². The first-order valence-electron chi connectivity index (χ1n) is 6.95. The van der Waals surface area contributed by atoms with Crippen molar-refractivity contribution in [1.29, 1.82) is 0 Å². The summed E-state index contributed by atoms with van der Waals surface area (Å²) in [4.78, 5) is 0. The van der Waals surface area contributed by atoms with Crippen LogP contribution >= 0.6 is 0 Å². The van der Waals surface area contributed by atoms with E-state index in [4.69, 9.17) is 0 Å². The molecule has 0 spiro atoms. The average Bonchev–Trinajstić information content (AvgIpc) is 3.06. The Balaban J connectivity index is 1.47. The maximum Gasteiger partial charge on any atom is 0.0706 e. The van der Waals surface area contributed by atoms with Crippen molar-refractivity contribution in [2.24, 2.45) is 0 Å². The van der Waals surface area contributed by atoms with Gasteiger partial charge in [0, 0.05) is 24.0 Å². The molecule has 0 aliphatic heterocycles. The summed E-state index contributed by atoms with van der Waals surface area (Å²) in [5.74, 6) is 0. The Bertz CT molecular complexity index is 682. The van der Waals surface area contributed by atoms with Crippen LogP contribution in [0.4, 0.5) is 0 Å². The second-order valence-corrected chi connectivity index (χ2v) is 5.00. The van der Waals surface area contributed by atoms with Gasteiger partial charge in [-0.2, -0.15) is 10.2 Å². The lowest BCUT2D eigenvalue weighted by Crippen LogP contribution is -2.15. The number of H-pyrrole nitrogens is 1. The normalized spacial score (nSPS) is 11.2. The minimum absolute atomic E-state index is 0.859. The molecular formula is C15H19N5. The van der Waals surface area contributed by atoms with Gasteiger partial charge < -0.3 is 5.32 Å². The van der Waals surface area contributed by atoms with Crippen molar-refractivity contribution in [2.75, 3.05) is 6.54 Å². The highest BCUT2D eigenvalue weighted by atomic mass is 15.2. The Morgan fingerprint density at radius 1 is 1.25 bits per heavy atom. The van der Waals surface area contributed by atoms with Crippen LogP contribution in [0.2, 0.25) is 0 Å². The molecule has 104 valence electrons. The number of aromatic amines is 1. The zero-order valence-electron chi connectivity index (χ0n) is 11.6. The smallest absolute Gasteiger partial charge is 0.0706 e. The molecule has 2 N–H and O–H groups in total. The molecule has 3 aromatic rings. The SMILES string of the molecule is Cc1[nH]ncc1CCCNCc1cnn2ccccc12. The van der Waals surface area contributed by atoms with Crippen LogP contribution in [0.5, 0.6) is 0 Å². The van der Waals surface area contributed by atoms with Crippen LogP contribution in [0, 0.1) is 6.92 Å². The van der Waals surface area contributed by atoms with Crippen LogP contribution < -0.4 is 5.32 Å². The molecule has 3 heterocycles. The second kappa shape index (κ2) is 5.88. The van der Waals surface area contributed by atoms with E-state index in [1.807, 2.05) is 35.2 Å². The number of hydrogen-bond acceptors (Lipinski definition) is 3. The van der Waals surface area contributed by atoms with Crippen molar-refractivity contribution < 1.29 is 0 Å². The second-order valence-electron chi connectivity index (χ2n) is 5.00. The summed E-state index contributed by atoms with van der Waals surface area (Å²) in [5, 5.41) is 14.8. The summed E-state index contributed by atoms with van der Waals surface area (Å²) in [6.45, 7) is 3.92. The third-order valence-corrected chi connectivity index (χ3v) is 3.56. The summed E-state index contributed by atoms with van der Waals surface area (Å²) < 4.78 is 1.91. The van der Waals surface area contributed by atoms with Gasteiger partial charge in [0.05, 0.1) is 17.9 Å². The largest absolute Gasteiger partial charge is 0.313 e. The molecule has 5 nitrogen and oxygen atoms in total. The van der Waals surface area contributed by atoms with Crippen molar-refractivity contribution in [3.05, 3.63) is 53.6 Å². The number of hydrogen-bond donors (Lipinski definition) is 2. The summed E-state index contributed by atoms with van der Waals surface area (Å²) in [6.07, 6.45) is 7.99. The highest BCUT2D eigenvalue weighted by molar-refractivity contribution is 5.53. The van der Waals surface area contributed by atoms with Gasteiger partial charge in [-0.3, -0.25) is 5.10 Å². The maximum absolute atomic E-state index is 4.33. The Kier molecular flexibility index (Phi) is 3.78. The molecule has 0 aliphatic carbocycles. The van der Waals surface area contributed by atoms with Gasteiger partial charge in [0.25, 0.3) is 0 Å². The predicted octanol–water partition coefficient (Wildman–Crippen LogP) is 2.09. The number of pyridine rings is 1. The van der Waals surface area contributed by atoms with Gasteiger partial charge in [-0.15, -0.1) is 0 Å². The van der Waals surface area contributed by atoms with Crippen LogP contribution in [0.25, 0.3) is 5.52 Å². The standard InChI is InChI=1S/C15H19N5/c1-12-13(10-17-19-12)5-4-7-16-9-14-11-18-20-8-3-2-6-15(14)20/h2-3,6,8,10-11,16H,4-5,7,9H2,1H3,(H,17,19). The molecular weight excluding hydrogens is 250 g/mol. The first kappa shape index (κ1) is 12.9. The van der Waals surface area contributed by atoms with E-state index < -0.39 is 0 Å². The van der Waals surface area contributed by atoms with Crippen LogP contribution in [0.3, 0.4) is 0 Å². The molecule has 5 heteroatoms. The topological polar surface area (TPSA) is 58.0 Å². The number of aromatic nitrogens is 4. The number of rotatable bonds is 6. The molecule has 0 amide bonds. The van der Waals surface area contributed by atoms with Crippen molar-refractivity contribution in [2.45, 2.75) is 26.3 Å². The third-order valence-electron chi connectivity index (χ3n) is 3.56. The van der Waals surface area contributed by atoms with Crippen LogP contribution in [-0.2, 0) is 13.0 Å². The van der Waals surface area contributed by atoms with Gasteiger partial charge in [0.2, 0.25) is 0 Å². The van der Waals surface area contributed by atoms with Crippen LogP contribution in [0.15, 0.2) is 36.8 Å². The minimum Gasteiger partial charge on any atom is -0.313 e. The molecule has 0 aliphatic rings. The van der Waals surface area contributed by atoms with Gasteiger partial charge in [-0.05, 0) is 44.0 Å². The van der Waals surface area contributed by atoms with Gasteiger partial charge in [0.15, 0.2) is 0 Å². The molecule has 0 saturated carbocycles. The zero-order valence-corrected chi connectivity index (χ0v) is 11.6. The number of nitrogens with zero attached hydrogens (tertiary/aromatic N) is 3. The molecule has 0 bridgehead atoms. The first-order valence-corrected chi connectivity index (χ1v) is 6.95. The molecule has 0 saturated heterocycles. The number of nitrogens with one attached hydrogen (secondary N) is 2. The fourth-order valence-corrected chi connectivity index (χ4v) is 2.38. The molecule has 0 fully saturated rings. The van der Waals surface area contributed by atoms with E-state index in [9.17, 15) is 0 Å². The predicted molar refractivity (Wildman–Crippen MR) is 78.5 cm³/mol. The molecule has 0 atom stereocenters. The van der Waals surface area contributed by atoms with Gasteiger partial charge in [0.1, 0.15) is 0 Å². The Morgan fingerprint density at radius 3 is 3.05 bits per heavy atom. The van der Waals surface area contributed by atoms with E-state index in [0.717, 1.165) is 25.9 Å². The molecule has 0 aromatic carbocycles. The lowest BCUT2D eigenvalue weighted by Gasteiger charge is -2.03. The number of fused-ring (bicyclic) bond motifs is 1. The fourth-order valence-electron chi connectivity index (χ4n) is 2.38. The third kappa shape index (κ3) is 2.72. The van der Waals surface area contributed by atoms with E-state index in [1.165, 1.54) is 22.3 Å². The highest BCUT2D eigenvalue weighted by Crippen LogP contribution is 2.09. The lowest BCUT2D eigenvalue weighted by molar-refractivity contribution is 0.650.